The Kier molecular flexibility index (Phi) is 5.42. The predicted octanol–water partition coefficient (Wildman–Crippen LogP) is 3.53. The van der Waals surface area contributed by atoms with Crippen LogP contribution >= 0.6 is 0 Å². The molecule has 1 aromatic heterocycles. The molecule has 2 aromatic rings. The minimum atomic E-state index is -2.94. The molecule has 7 heteroatoms. The lowest BCUT2D eigenvalue weighted by Crippen LogP contribution is -2.36. The zero-order valence-corrected chi connectivity index (χ0v) is 17.3. The smallest absolute Gasteiger partial charge is 0.229 e. The first-order chi connectivity index (χ1) is 12.7. The highest BCUT2D eigenvalue weighted by Crippen LogP contribution is 2.31. The average Bonchev–Trinajstić information content (AvgIpc) is 2.95. The van der Waals surface area contributed by atoms with E-state index in [2.05, 4.69) is 47.0 Å². The van der Waals surface area contributed by atoms with Gasteiger partial charge in [0, 0.05) is 24.5 Å². The van der Waals surface area contributed by atoms with Crippen LogP contribution in [0.4, 0.5) is 17.5 Å². The van der Waals surface area contributed by atoms with Gasteiger partial charge in [-0.3, -0.25) is 0 Å². The summed E-state index contributed by atoms with van der Waals surface area (Å²) < 4.78 is 23.7. The van der Waals surface area contributed by atoms with Crippen LogP contribution in [0.5, 0.6) is 0 Å². The van der Waals surface area contributed by atoms with Crippen molar-refractivity contribution in [3.05, 3.63) is 42.1 Å². The van der Waals surface area contributed by atoms with Gasteiger partial charge in [-0.2, -0.15) is 4.98 Å². The van der Waals surface area contributed by atoms with Gasteiger partial charge in [-0.15, -0.1) is 0 Å². The lowest BCUT2D eigenvalue weighted by atomic mass is 9.86. The maximum Gasteiger partial charge on any atom is 0.229 e. The summed E-state index contributed by atoms with van der Waals surface area (Å²) in [7, 11) is -2.94. The van der Waals surface area contributed by atoms with Gasteiger partial charge in [-0.1, -0.05) is 39.0 Å². The zero-order chi connectivity index (χ0) is 19.7. The number of hydrogen-bond donors (Lipinski definition) is 1. The lowest BCUT2D eigenvalue weighted by Gasteiger charge is -2.28. The molecule has 0 radical (unpaired) electrons. The Morgan fingerprint density at radius 1 is 1.22 bits per heavy atom. The van der Waals surface area contributed by atoms with Crippen LogP contribution in [0.1, 0.15) is 39.7 Å². The molecular formula is C20H28N4O2S. The van der Waals surface area contributed by atoms with Gasteiger partial charge in [-0.05, 0) is 36.5 Å². The quantitative estimate of drug-likeness (QED) is 0.844. The molecule has 146 valence electrons. The van der Waals surface area contributed by atoms with Gasteiger partial charge in [0.1, 0.15) is 5.82 Å². The van der Waals surface area contributed by atoms with Crippen molar-refractivity contribution in [3.63, 3.8) is 0 Å². The predicted molar refractivity (Wildman–Crippen MR) is 111 cm³/mol. The second-order valence-electron chi connectivity index (χ2n) is 8.00. The van der Waals surface area contributed by atoms with Crippen molar-refractivity contribution in [2.45, 2.75) is 45.6 Å². The summed E-state index contributed by atoms with van der Waals surface area (Å²) in [6, 6.07) is 9.97. The first-order valence-electron chi connectivity index (χ1n) is 9.36. The Morgan fingerprint density at radius 2 is 1.96 bits per heavy atom. The third kappa shape index (κ3) is 4.58. The van der Waals surface area contributed by atoms with Crippen molar-refractivity contribution in [1.29, 1.82) is 0 Å². The molecule has 6 nitrogen and oxygen atoms in total. The second kappa shape index (κ2) is 7.46. The normalized spacial score (nSPS) is 19.0. The van der Waals surface area contributed by atoms with E-state index in [1.54, 1.807) is 6.20 Å². The third-order valence-corrected chi connectivity index (χ3v) is 6.66. The first-order valence-corrected chi connectivity index (χ1v) is 11.2. The molecular weight excluding hydrogens is 360 g/mol. The van der Waals surface area contributed by atoms with E-state index >= 15 is 0 Å². The highest BCUT2D eigenvalue weighted by molar-refractivity contribution is 7.91. The summed E-state index contributed by atoms with van der Waals surface area (Å²) in [6.45, 7) is 9.24. The SMILES string of the molecule is CCN(c1ccnc(Nc2ccccc2C(C)(C)C)n1)C1CCS(=O)(=O)C1. The molecule has 1 aromatic carbocycles. The number of aromatic nitrogens is 2. The number of hydrogen-bond acceptors (Lipinski definition) is 6. The molecule has 1 saturated heterocycles. The van der Waals surface area contributed by atoms with E-state index < -0.39 is 9.84 Å². The Hall–Kier alpha value is -2.15. The largest absolute Gasteiger partial charge is 0.353 e. The fourth-order valence-electron chi connectivity index (χ4n) is 3.56. The van der Waals surface area contributed by atoms with E-state index in [-0.39, 0.29) is 23.0 Å². The number of nitrogens with one attached hydrogen (secondary N) is 1. The van der Waals surface area contributed by atoms with Crippen LogP contribution in [0.25, 0.3) is 0 Å². The number of para-hydroxylation sites is 1. The summed E-state index contributed by atoms with van der Waals surface area (Å²) in [5, 5.41) is 3.34. The maximum atomic E-state index is 11.9. The van der Waals surface area contributed by atoms with Crippen LogP contribution in [0.15, 0.2) is 36.5 Å². The summed E-state index contributed by atoms with van der Waals surface area (Å²) in [4.78, 5) is 11.1. The van der Waals surface area contributed by atoms with Crippen LogP contribution in [0.3, 0.4) is 0 Å². The van der Waals surface area contributed by atoms with Gasteiger partial charge in [0.15, 0.2) is 9.84 Å². The number of rotatable bonds is 5. The number of nitrogens with zero attached hydrogens (tertiary/aromatic N) is 3. The van der Waals surface area contributed by atoms with Crippen molar-refractivity contribution < 1.29 is 8.42 Å². The monoisotopic (exact) mass is 388 g/mol. The van der Waals surface area contributed by atoms with Crippen LogP contribution in [-0.4, -0.2) is 42.5 Å². The molecule has 1 N–H and O–H groups in total. The van der Waals surface area contributed by atoms with E-state index in [4.69, 9.17) is 0 Å². The van der Waals surface area contributed by atoms with Crippen LogP contribution in [0.2, 0.25) is 0 Å². The van der Waals surface area contributed by atoms with Crippen LogP contribution in [0, 0.1) is 0 Å². The van der Waals surface area contributed by atoms with Crippen molar-refractivity contribution in [2.75, 3.05) is 28.3 Å². The Labute approximate surface area is 162 Å². The molecule has 1 fully saturated rings. The van der Waals surface area contributed by atoms with Gasteiger partial charge < -0.3 is 10.2 Å². The second-order valence-corrected chi connectivity index (χ2v) is 10.2. The molecule has 0 saturated carbocycles. The number of benzene rings is 1. The van der Waals surface area contributed by atoms with E-state index in [0.29, 0.717) is 18.9 Å². The third-order valence-electron chi connectivity index (χ3n) is 4.91. The van der Waals surface area contributed by atoms with E-state index in [0.717, 1.165) is 11.5 Å². The number of anilines is 3. The molecule has 1 atom stereocenters. The molecule has 1 aliphatic rings. The van der Waals surface area contributed by atoms with Crippen molar-refractivity contribution in [1.82, 2.24) is 9.97 Å². The topological polar surface area (TPSA) is 75.2 Å². The molecule has 0 amide bonds. The molecule has 1 unspecified atom stereocenters. The summed E-state index contributed by atoms with van der Waals surface area (Å²) in [5.74, 6) is 1.72. The molecule has 0 spiro atoms. The van der Waals surface area contributed by atoms with Crippen molar-refractivity contribution in [3.8, 4) is 0 Å². The van der Waals surface area contributed by atoms with E-state index in [1.165, 1.54) is 5.56 Å². The fourth-order valence-corrected chi connectivity index (χ4v) is 5.30. The van der Waals surface area contributed by atoms with E-state index in [1.807, 2.05) is 31.2 Å². The van der Waals surface area contributed by atoms with Gasteiger partial charge >= 0.3 is 0 Å². The first kappa shape index (κ1) is 19.6. The fraction of sp³-hybridized carbons (Fsp3) is 0.500. The maximum absolute atomic E-state index is 11.9. The molecule has 2 heterocycles. The van der Waals surface area contributed by atoms with Crippen molar-refractivity contribution in [2.24, 2.45) is 0 Å². The average molecular weight is 389 g/mol. The zero-order valence-electron chi connectivity index (χ0n) is 16.4. The van der Waals surface area contributed by atoms with Crippen LogP contribution < -0.4 is 10.2 Å². The summed E-state index contributed by atoms with van der Waals surface area (Å²) in [6.07, 6.45) is 2.37. The summed E-state index contributed by atoms with van der Waals surface area (Å²) >= 11 is 0. The summed E-state index contributed by atoms with van der Waals surface area (Å²) in [5.41, 5.74) is 2.16. The standard InChI is InChI=1S/C20H28N4O2S/c1-5-24(15-11-13-27(25,26)14-15)18-10-12-21-19(23-18)22-17-9-7-6-8-16(17)20(2,3)4/h6-10,12,15H,5,11,13-14H2,1-4H3,(H,21,22,23). The molecule has 27 heavy (non-hydrogen) atoms. The van der Waals surface area contributed by atoms with Gasteiger partial charge in [0.2, 0.25) is 5.95 Å². The minimum Gasteiger partial charge on any atom is -0.353 e. The lowest BCUT2D eigenvalue weighted by molar-refractivity contribution is 0.592. The highest BCUT2D eigenvalue weighted by atomic mass is 32.2. The van der Waals surface area contributed by atoms with Crippen molar-refractivity contribution >= 4 is 27.3 Å². The Morgan fingerprint density at radius 3 is 2.59 bits per heavy atom. The van der Waals surface area contributed by atoms with Crippen LogP contribution in [-0.2, 0) is 15.3 Å². The number of sulfone groups is 1. The van der Waals surface area contributed by atoms with Gasteiger partial charge in [0.05, 0.1) is 11.5 Å². The minimum absolute atomic E-state index is 0.00509. The van der Waals surface area contributed by atoms with Gasteiger partial charge in [0.25, 0.3) is 0 Å². The van der Waals surface area contributed by atoms with E-state index in [9.17, 15) is 8.42 Å². The molecule has 0 bridgehead atoms. The highest BCUT2D eigenvalue weighted by Gasteiger charge is 2.32. The molecule has 1 aliphatic heterocycles. The molecule has 0 aliphatic carbocycles. The van der Waals surface area contributed by atoms with Gasteiger partial charge in [-0.25, -0.2) is 13.4 Å². The Bertz CT molecular complexity index is 906. The molecule has 3 rings (SSSR count). The Balaban J connectivity index is 1.86.